The van der Waals surface area contributed by atoms with Gasteiger partial charge in [-0.3, -0.25) is 4.79 Å². The molecule has 0 amide bonds. The minimum atomic E-state index is -0.770. The summed E-state index contributed by atoms with van der Waals surface area (Å²) < 4.78 is 2.05. The second kappa shape index (κ2) is 6.27. The van der Waals surface area contributed by atoms with Gasteiger partial charge in [-0.05, 0) is 36.4 Å². The number of pyridine rings is 1. The van der Waals surface area contributed by atoms with Crippen LogP contribution in [0.15, 0.2) is 29.8 Å². The van der Waals surface area contributed by atoms with Crippen LogP contribution in [0.2, 0.25) is 0 Å². The SMILES string of the molecule is Cc1cnc2c(c1)nc(Cc1cccs1)n2CCCC(=O)O. The number of hydrogen-bond acceptors (Lipinski definition) is 4. The smallest absolute Gasteiger partial charge is 0.303 e. The Bertz CT molecular complexity index is 793. The quantitative estimate of drug-likeness (QED) is 0.758. The van der Waals surface area contributed by atoms with Gasteiger partial charge in [0, 0.05) is 30.5 Å². The fraction of sp³-hybridized carbons (Fsp3) is 0.312. The van der Waals surface area contributed by atoms with Crippen molar-refractivity contribution < 1.29 is 9.90 Å². The maximum Gasteiger partial charge on any atom is 0.303 e. The van der Waals surface area contributed by atoms with Crippen LogP contribution in [0.1, 0.15) is 29.1 Å². The van der Waals surface area contributed by atoms with Gasteiger partial charge in [-0.2, -0.15) is 0 Å². The number of aryl methyl sites for hydroxylation is 2. The first kappa shape index (κ1) is 14.7. The van der Waals surface area contributed by atoms with Gasteiger partial charge >= 0.3 is 5.97 Å². The van der Waals surface area contributed by atoms with Crippen LogP contribution in [-0.2, 0) is 17.8 Å². The zero-order chi connectivity index (χ0) is 15.5. The molecule has 3 aromatic heterocycles. The van der Waals surface area contributed by atoms with Gasteiger partial charge in [-0.15, -0.1) is 11.3 Å². The van der Waals surface area contributed by atoms with E-state index in [1.807, 2.05) is 25.3 Å². The normalized spacial score (nSPS) is 11.1. The third-order valence-electron chi connectivity index (χ3n) is 3.49. The number of carboxylic acid groups (broad SMARTS) is 1. The summed E-state index contributed by atoms with van der Waals surface area (Å²) in [4.78, 5) is 21.2. The van der Waals surface area contributed by atoms with E-state index in [1.165, 1.54) is 4.88 Å². The lowest BCUT2D eigenvalue weighted by molar-refractivity contribution is -0.137. The van der Waals surface area contributed by atoms with E-state index in [4.69, 9.17) is 10.1 Å². The van der Waals surface area contributed by atoms with Gasteiger partial charge in [0.15, 0.2) is 5.65 Å². The standard InChI is InChI=1S/C16H17N3O2S/c1-11-8-13-16(17-10-11)19(6-2-5-15(20)21)14(18-13)9-12-4-3-7-22-12/h3-4,7-8,10H,2,5-6,9H2,1H3,(H,20,21). The van der Waals surface area contributed by atoms with Crippen molar-refractivity contribution in [2.45, 2.75) is 32.7 Å². The monoisotopic (exact) mass is 315 g/mol. The number of thiophene rings is 1. The largest absolute Gasteiger partial charge is 0.481 e. The Kier molecular flexibility index (Phi) is 4.20. The van der Waals surface area contributed by atoms with Crippen molar-refractivity contribution in [3.8, 4) is 0 Å². The molecule has 0 saturated heterocycles. The summed E-state index contributed by atoms with van der Waals surface area (Å²) in [7, 11) is 0. The zero-order valence-corrected chi connectivity index (χ0v) is 13.1. The minimum absolute atomic E-state index is 0.157. The molecular formula is C16H17N3O2S. The Morgan fingerprint density at radius 3 is 3.05 bits per heavy atom. The first-order chi connectivity index (χ1) is 10.6. The fourth-order valence-electron chi connectivity index (χ4n) is 2.49. The van der Waals surface area contributed by atoms with Crippen LogP contribution in [0, 0.1) is 6.92 Å². The van der Waals surface area contributed by atoms with E-state index in [0.29, 0.717) is 13.0 Å². The minimum Gasteiger partial charge on any atom is -0.481 e. The zero-order valence-electron chi connectivity index (χ0n) is 12.3. The highest BCUT2D eigenvalue weighted by molar-refractivity contribution is 7.09. The van der Waals surface area contributed by atoms with Gasteiger partial charge in [0.1, 0.15) is 11.3 Å². The Labute approximate surface area is 132 Å². The van der Waals surface area contributed by atoms with Crippen molar-refractivity contribution >= 4 is 28.5 Å². The van der Waals surface area contributed by atoms with Crippen LogP contribution < -0.4 is 0 Å². The van der Waals surface area contributed by atoms with Gasteiger partial charge < -0.3 is 9.67 Å². The first-order valence-corrected chi connectivity index (χ1v) is 8.07. The molecule has 0 aromatic carbocycles. The molecule has 1 N–H and O–H groups in total. The van der Waals surface area contributed by atoms with E-state index < -0.39 is 5.97 Å². The number of hydrogen-bond donors (Lipinski definition) is 1. The first-order valence-electron chi connectivity index (χ1n) is 7.19. The van der Waals surface area contributed by atoms with E-state index >= 15 is 0 Å². The molecule has 0 aliphatic carbocycles. The predicted molar refractivity (Wildman–Crippen MR) is 86.3 cm³/mol. The second-order valence-corrected chi connectivity index (χ2v) is 6.32. The van der Waals surface area contributed by atoms with Gasteiger partial charge in [0.25, 0.3) is 0 Å². The molecule has 22 heavy (non-hydrogen) atoms. The van der Waals surface area contributed by atoms with Crippen LogP contribution in [0.4, 0.5) is 0 Å². The van der Waals surface area contributed by atoms with Gasteiger partial charge in [-0.25, -0.2) is 9.97 Å². The van der Waals surface area contributed by atoms with E-state index in [9.17, 15) is 4.79 Å². The Morgan fingerprint density at radius 1 is 1.45 bits per heavy atom. The lowest BCUT2D eigenvalue weighted by Gasteiger charge is -2.07. The van der Waals surface area contributed by atoms with Crippen LogP contribution in [-0.4, -0.2) is 25.6 Å². The molecule has 114 valence electrons. The molecule has 0 saturated carbocycles. The molecule has 0 atom stereocenters. The predicted octanol–water partition coefficient (Wildman–Crippen LogP) is 3.26. The number of aromatic nitrogens is 3. The van der Waals surface area contributed by atoms with Crippen LogP contribution in [0.25, 0.3) is 11.2 Å². The fourth-order valence-corrected chi connectivity index (χ4v) is 3.19. The summed E-state index contributed by atoms with van der Waals surface area (Å²) in [6.45, 7) is 2.62. The molecule has 0 aliphatic rings. The summed E-state index contributed by atoms with van der Waals surface area (Å²) in [6.07, 6.45) is 3.31. The van der Waals surface area contributed by atoms with Crippen molar-refractivity contribution in [2.75, 3.05) is 0 Å². The molecule has 3 aromatic rings. The number of carboxylic acids is 1. The number of carbonyl (C=O) groups is 1. The molecule has 5 nitrogen and oxygen atoms in total. The van der Waals surface area contributed by atoms with Crippen molar-refractivity contribution in [1.82, 2.24) is 14.5 Å². The molecule has 0 bridgehead atoms. The van der Waals surface area contributed by atoms with Crippen LogP contribution >= 0.6 is 11.3 Å². The highest BCUT2D eigenvalue weighted by atomic mass is 32.1. The second-order valence-electron chi connectivity index (χ2n) is 5.29. The summed E-state index contributed by atoms with van der Waals surface area (Å²) in [5, 5.41) is 10.9. The van der Waals surface area contributed by atoms with Crippen molar-refractivity contribution in [3.63, 3.8) is 0 Å². The number of nitrogens with zero attached hydrogens (tertiary/aromatic N) is 3. The lowest BCUT2D eigenvalue weighted by atomic mass is 10.3. The van der Waals surface area contributed by atoms with E-state index in [2.05, 4.69) is 21.0 Å². The average molecular weight is 315 g/mol. The van der Waals surface area contributed by atoms with Gasteiger partial charge in [0.05, 0.1) is 0 Å². The Morgan fingerprint density at radius 2 is 2.32 bits per heavy atom. The van der Waals surface area contributed by atoms with Crippen LogP contribution in [0.5, 0.6) is 0 Å². The molecule has 0 radical (unpaired) electrons. The molecule has 3 rings (SSSR count). The molecule has 0 unspecified atom stereocenters. The highest BCUT2D eigenvalue weighted by Gasteiger charge is 2.13. The van der Waals surface area contributed by atoms with Crippen molar-refractivity contribution in [1.29, 1.82) is 0 Å². The number of aliphatic carboxylic acids is 1. The topological polar surface area (TPSA) is 68.0 Å². The Balaban J connectivity index is 1.95. The lowest BCUT2D eigenvalue weighted by Crippen LogP contribution is -2.07. The number of rotatable bonds is 6. The van der Waals surface area contributed by atoms with Crippen LogP contribution in [0.3, 0.4) is 0 Å². The van der Waals surface area contributed by atoms with Gasteiger partial charge in [-0.1, -0.05) is 6.07 Å². The Hall–Kier alpha value is -2.21. The summed E-state index contributed by atoms with van der Waals surface area (Å²) >= 11 is 1.70. The maximum absolute atomic E-state index is 10.7. The highest BCUT2D eigenvalue weighted by Crippen LogP contribution is 2.20. The molecule has 3 heterocycles. The number of fused-ring (bicyclic) bond motifs is 1. The van der Waals surface area contributed by atoms with E-state index in [0.717, 1.165) is 29.0 Å². The summed E-state index contributed by atoms with van der Waals surface area (Å²) in [6, 6.07) is 6.14. The summed E-state index contributed by atoms with van der Waals surface area (Å²) in [5.74, 6) is 0.175. The third-order valence-corrected chi connectivity index (χ3v) is 4.36. The third kappa shape index (κ3) is 3.17. The molecular weight excluding hydrogens is 298 g/mol. The molecule has 0 aliphatic heterocycles. The average Bonchev–Trinajstić information content (AvgIpc) is 3.07. The van der Waals surface area contributed by atoms with Gasteiger partial charge in [0.2, 0.25) is 0 Å². The molecule has 0 spiro atoms. The number of imidazole rings is 1. The molecule has 0 fully saturated rings. The van der Waals surface area contributed by atoms with E-state index in [1.54, 1.807) is 11.3 Å². The summed E-state index contributed by atoms with van der Waals surface area (Å²) in [5.41, 5.74) is 2.79. The van der Waals surface area contributed by atoms with Crippen molar-refractivity contribution in [3.05, 3.63) is 46.0 Å². The van der Waals surface area contributed by atoms with Crippen molar-refractivity contribution in [2.24, 2.45) is 0 Å². The molecule has 6 heteroatoms. The maximum atomic E-state index is 10.7. The van der Waals surface area contributed by atoms with E-state index in [-0.39, 0.29) is 6.42 Å².